The van der Waals surface area contributed by atoms with Crippen LogP contribution in [0.4, 0.5) is 5.69 Å². The van der Waals surface area contributed by atoms with E-state index >= 15 is 0 Å². The Morgan fingerprint density at radius 3 is 2.45 bits per heavy atom. The lowest BCUT2D eigenvalue weighted by Crippen LogP contribution is -2.30. The molecule has 2 amide bonds. The van der Waals surface area contributed by atoms with Crippen LogP contribution < -0.4 is 14.8 Å². The molecule has 0 aliphatic heterocycles. The van der Waals surface area contributed by atoms with Crippen molar-refractivity contribution in [3.8, 4) is 5.75 Å². The molecular formula is C31H35N3O5S. The van der Waals surface area contributed by atoms with Gasteiger partial charge in [-0.3, -0.25) is 9.59 Å². The summed E-state index contributed by atoms with van der Waals surface area (Å²) in [5.41, 5.74) is 2.67. The molecule has 210 valence electrons. The van der Waals surface area contributed by atoms with Crippen molar-refractivity contribution in [3.63, 3.8) is 0 Å². The van der Waals surface area contributed by atoms with Gasteiger partial charge in [0.2, 0.25) is 5.91 Å². The standard InChI is InChI=1S/C31H35N3O5S/c1-4-6-10-23(5-2)30(35)32-25-15-14-24-17-18-34(28(24)20-25)21-22-13-16-27(29(19-22)39-3)31(36)33-40(37,38)26-11-8-7-9-12-26/h7-9,11-20,23H,4-6,10,21H2,1-3H3,(H,32,35)(H,33,36). The molecule has 0 radical (unpaired) electrons. The van der Waals surface area contributed by atoms with Crippen molar-refractivity contribution >= 4 is 38.4 Å². The number of benzene rings is 3. The Labute approximate surface area is 235 Å². The zero-order chi connectivity index (χ0) is 28.7. The van der Waals surface area contributed by atoms with Crippen molar-refractivity contribution in [2.45, 2.75) is 51.0 Å². The SMILES string of the molecule is CCCCC(CC)C(=O)Nc1ccc2ccn(Cc3ccc(C(=O)NS(=O)(=O)c4ccccc4)c(OC)c3)c2c1. The summed E-state index contributed by atoms with van der Waals surface area (Å²) in [6.45, 7) is 4.65. The number of hydrogen-bond donors (Lipinski definition) is 2. The molecule has 0 saturated carbocycles. The summed E-state index contributed by atoms with van der Waals surface area (Å²) >= 11 is 0. The van der Waals surface area contributed by atoms with Gasteiger partial charge in [-0.2, -0.15) is 0 Å². The van der Waals surface area contributed by atoms with Gasteiger partial charge in [-0.25, -0.2) is 13.1 Å². The van der Waals surface area contributed by atoms with Crippen molar-refractivity contribution in [3.05, 3.63) is 90.1 Å². The Morgan fingerprint density at radius 1 is 0.975 bits per heavy atom. The van der Waals surface area contributed by atoms with E-state index in [1.54, 1.807) is 36.4 Å². The smallest absolute Gasteiger partial charge is 0.268 e. The first-order valence-corrected chi connectivity index (χ1v) is 14.9. The fraction of sp³-hybridized carbons (Fsp3) is 0.290. The van der Waals surface area contributed by atoms with E-state index in [1.165, 1.54) is 19.2 Å². The van der Waals surface area contributed by atoms with Gasteiger partial charge in [0.25, 0.3) is 15.9 Å². The average molecular weight is 562 g/mol. The molecule has 4 aromatic rings. The summed E-state index contributed by atoms with van der Waals surface area (Å²) in [6, 6.07) is 20.6. The quantitative estimate of drug-likeness (QED) is 0.222. The van der Waals surface area contributed by atoms with E-state index in [-0.39, 0.29) is 28.0 Å². The van der Waals surface area contributed by atoms with Crippen LogP contribution in [0.3, 0.4) is 0 Å². The summed E-state index contributed by atoms with van der Waals surface area (Å²) in [4.78, 5) is 25.7. The van der Waals surface area contributed by atoms with Crippen LogP contribution in [0.15, 0.2) is 83.9 Å². The van der Waals surface area contributed by atoms with Crippen molar-refractivity contribution in [2.75, 3.05) is 12.4 Å². The van der Waals surface area contributed by atoms with E-state index in [0.29, 0.717) is 6.54 Å². The Morgan fingerprint density at radius 2 is 1.75 bits per heavy atom. The second kappa shape index (κ2) is 12.8. The van der Waals surface area contributed by atoms with Crippen LogP contribution in [0.25, 0.3) is 10.9 Å². The molecule has 0 saturated heterocycles. The largest absolute Gasteiger partial charge is 0.496 e. The van der Waals surface area contributed by atoms with Crippen LogP contribution in [-0.2, 0) is 21.4 Å². The summed E-state index contributed by atoms with van der Waals surface area (Å²) in [5.74, 6) is -0.474. The minimum absolute atomic E-state index is 0.000145. The van der Waals surface area contributed by atoms with Gasteiger partial charge < -0.3 is 14.6 Å². The number of sulfonamides is 1. The highest BCUT2D eigenvalue weighted by atomic mass is 32.2. The second-order valence-electron chi connectivity index (χ2n) is 9.74. The normalized spacial score (nSPS) is 12.2. The summed E-state index contributed by atoms with van der Waals surface area (Å²) < 4.78 is 34.8. The molecule has 0 bridgehead atoms. The number of unbranched alkanes of at least 4 members (excludes halogenated alkanes) is 1. The van der Waals surface area contributed by atoms with Crippen LogP contribution in [-0.4, -0.2) is 31.9 Å². The number of amides is 2. The third-order valence-corrected chi connectivity index (χ3v) is 8.30. The number of nitrogens with one attached hydrogen (secondary N) is 2. The molecule has 4 rings (SSSR count). The molecule has 0 spiro atoms. The Kier molecular flexibility index (Phi) is 9.26. The average Bonchev–Trinajstić information content (AvgIpc) is 3.35. The lowest BCUT2D eigenvalue weighted by Gasteiger charge is -2.15. The van der Waals surface area contributed by atoms with Gasteiger partial charge in [-0.05, 0) is 66.3 Å². The third-order valence-electron chi connectivity index (χ3n) is 6.96. The highest BCUT2D eigenvalue weighted by Gasteiger charge is 2.21. The summed E-state index contributed by atoms with van der Waals surface area (Å²) in [7, 11) is -2.59. The van der Waals surface area contributed by atoms with E-state index in [0.717, 1.165) is 47.8 Å². The first-order chi connectivity index (χ1) is 19.2. The molecule has 1 aromatic heterocycles. The van der Waals surface area contributed by atoms with Gasteiger partial charge in [-0.1, -0.05) is 57.0 Å². The molecule has 3 aromatic carbocycles. The van der Waals surface area contributed by atoms with E-state index < -0.39 is 15.9 Å². The molecule has 9 heteroatoms. The van der Waals surface area contributed by atoms with Gasteiger partial charge >= 0.3 is 0 Å². The number of methoxy groups -OCH3 is 1. The fourth-order valence-corrected chi connectivity index (χ4v) is 5.66. The summed E-state index contributed by atoms with van der Waals surface area (Å²) in [6.07, 6.45) is 5.74. The highest BCUT2D eigenvalue weighted by Crippen LogP contribution is 2.26. The van der Waals surface area contributed by atoms with E-state index in [2.05, 4.69) is 17.0 Å². The number of aromatic nitrogens is 1. The zero-order valence-electron chi connectivity index (χ0n) is 23.0. The van der Waals surface area contributed by atoms with Crippen LogP contribution in [0.1, 0.15) is 55.5 Å². The molecule has 1 heterocycles. The molecule has 1 atom stereocenters. The van der Waals surface area contributed by atoms with Crippen molar-refractivity contribution < 1.29 is 22.7 Å². The lowest BCUT2D eigenvalue weighted by atomic mass is 9.98. The van der Waals surface area contributed by atoms with Crippen molar-refractivity contribution in [2.24, 2.45) is 5.92 Å². The van der Waals surface area contributed by atoms with Crippen molar-refractivity contribution in [1.82, 2.24) is 9.29 Å². The molecule has 0 fully saturated rings. The summed E-state index contributed by atoms with van der Waals surface area (Å²) in [5, 5.41) is 4.11. The molecular weight excluding hydrogens is 526 g/mol. The molecule has 8 nitrogen and oxygen atoms in total. The highest BCUT2D eigenvalue weighted by molar-refractivity contribution is 7.90. The number of rotatable bonds is 12. The number of nitrogens with zero attached hydrogens (tertiary/aromatic N) is 1. The number of carbonyl (C=O) groups is 2. The van der Waals surface area contributed by atoms with Crippen LogP contribution in [0.2, 0.25) is 0 Å². The van der Waals surface area contributed by atoms with Crippen LogP contribution >= 0.6 is 0 Å². The minimum atomic E-state index is -4.02. The number of anilines is 1. The van der Waals surface area contributed by atoms with Crippen LogP contribution in [0.5, 0.6) is 5.75 Å². The number of carbonyl (C=O) groups excluding carboxylic acids is 2. The van der Waals surface area contributed by atoms with Gasteiger partial charge in [-0.15, -0.1) is 0 Å². The molecule has 0 aliphatic carbocycles. The predicted molar refractivity (Wildman–Crippen MR) is 157 cm³/mol. The zero-order valence-corrected chi connectivity index (χ0v) is 23.8. The maximum atomic E-state index is 12.9. The number of fused-ring (bicyclic) bond motifs is 1. The fourth-order valence-electron chi connectivity index (χ4n) is 4.67. The monoisotopic (exact) mass is 561 g/mol. The number of ether oxygens (including phenoxy) is 1. The third kappa shape index (κ3) is 6.71. The maximum Gasteiger partial charge on any atom is 0.268 e. The second-order valence-corrected chi connectivity index (χ2v) is 11.4. The van der Waals surface area contributed by atoms with Gasteiger partial charge in [0.15, 0.2) is 0 Å². The first-order valence-electron chi connectivity index (χ1n) is 13.4. The topological polar surface area (TPSA) is 107 Å². The molecule has 1 unspecified atom stereocenters. The number of hydrogen-bond acceptors (Lipinski definition) is 5. The molecule has 40 heavy (non-hydrogen) atoms. The van der Waals surface area contributed by atoms with E-state index in [1.807, 2.05) is 42.0 Å². The molecule has 0 aliphatic rings. The van der Waals surface area contributed by atoms with Gasteiger partial charge in [0.05, 0.1) is 23.1 Å². The first kappa shape index (κ1) is 28.9. The van der Waals surface area contributed by atoms with Gasteiger partial charge in [0, 0.05) is 24.3 Å². The van der Waals surface area contributed by atoms with Crippen molar-refractivity contribution in [1.29, 1.82) is 0 Å². The Bertz CT molecular complexity index is 1600. The van der Waals surface area contributed by atoms with Crippen LogP contribution in [0, 0.1) is 5.92 Å². The Balaban J connectivity index is 1.52. The molecule has 2 N–H and O–H groups in total. The lowest BCUT2D eigenvalue weighted by molar-refractivity contribution is -0.120. The van der Waals surface area contributed by atoms with E-state index in [9.17, 15) is 18.0 Å². The maximum absolute atomic E-state index is 12.9. The predicted octanol–water partition coefficient (Wildman–Crippen LogP) is 5.97. The van der Waals surface area contributed by atoms with Gasteiger partial charge in [0.1, 0.15) is 5.75 Å². The Hall–Kier alpha value is -4.11. The van der Waals surface area contributed by atoms with E-state index in [4.69, 9.17) is 4.74 Å². The minimum Gasteiger partial charge on any atom is -0.496 e.